The zero-order valence-corrected chi connectivity index (χ0v) is 10.3. The predicted octanol–water partition coefficient (Wildman–Crippen LogP) is 3.81. The van der Waals surface area contributed by atoms with Gasteiger partial charge < -0.3 is 5.32 Å². The first-order chi connectivity index (χ1) is 7.20. The highest BCUT2D eigenvalue weighted by Gasteiger charge is 2.13. The third-order valence-corrected chi connectivity index (χ3v) is 2.78. The fourth-order valence-electron chi connectivity index (χ4n) is 1.38. The molecule has 82 valence electrons. The average molecular weight is 272 g/mol. The van der Waals surface area contributed by atoms with Crippen molar-refractivity contribution >= 4 is 15.9 Å². The molecule has 0 saturated carbocycles. The second-order valence-corrected chi connectivity index (χ2v) is 4.16. The fourth-order valence-corrected chi connectivity index (χ4v) is 1.76. The Morgan fingerprint density at radius 1 is 1.60 bits per heavy atom. The third kappa shape index (κ3) is 3.14. The number of hydrogen-bond donors (Lipinski definition) is 1. The molecule has 1 aromatic carbocycles. The molecule has 0 saturated heterocycles. The maximum absolute atomic E-state index is 13.7. The van der Waals surface area contributed by atoms with Gasteiger partial charge in [0.2, 0.25) is 0 Å². The molecule has 0 aliphatic carbocycles. The quantitative estimate of drug-likeness (QED) is 0.803. The molecular formula is C12H15BrFN. The smallest absolute Gasteiger partial charge is 0.142 e. The fraction of sp³-hybridized carbons (Fsp3) is 0.333. The third-order valence-electron chi connectivity index (χ3n) is 2.17. The average Bonchev–Trinajstić information content (AvgIpc) is 2.25. The lowest BCUT2D eigenvalue weighted by atomic mass is 10.1. The number of benzene rings is 1. The van der Waals surface area contributed by atoms with Crippen LogP contribution in [0.5, 0.6) is 0 Å². The van der Waals surface area contributed by atoms with Gasteiger partial charge in [-0.2, -0.15) is 0 Å². The minimum Gasteiger partial charge on any atom is -0.307 e. The van der Waals surface area contributed by atoms with E-state index in [0.717, 1.165) is 13.0 Å². The second kappa shape index (κ2) is 6.03. The van der Waals surface area contributed by atoms with Crippen LogP contribution in [0.2, 0.25) is 0 Å². The Bertz CT molecular complexity index is 338. The lowest BCUT2D eigenvalue weighted by Crippen LogP contribution is -2.21. The molecule has 0 heterocycles. The van der Waals surface area contributed by atoms with Gasteiger partial charge in [0.15, 0.2) is 0 Å². The van der Waals surface area contributed by atoms with E-state index in [4.69, 9.17) is 0 Å². The van der Waals surface area contributed by atoms with Crippen LogP contribution in [0.4, 0.5) is 4.39 Å². The van der Waals surface area contributed by atoms with Crippen molar-refractivity contribution in [2.45, 2.75) is 19.4 Å². The maximum atomic E-state index is 13.7. The second-order valence-electron chi connectivity index (χ2n) is 3.31. The number of halogens is 2. The van der Waals surface area contributed by atoms with Crippen molar-refractivity contribution in [2.24, 2.45) is 0 Å². The summed E-state index contributed by atoms with van der Waals surface area (Å²) in [5.41, 5.74) is 0.632. The molecule has 1 rings (SSSR count). The van der Waals surface area contributed by atoms with E-state index in [0.29, 0.717) is 10.0 Å². The molecule has 0 radical (unpaired) electrons. The van der Waals surface area contributed by atoms with Crippen LogP contribution < -0.4 is 5.32 Å². The van der Waals surface area contributed by atoms with Crippen LogP contribution in [0.15, 0.2) is 35.3 Å². The molecule has 0 bridgehead atoms. The number of hydrogen-bond acceptors (Lipinski definition) is 1. The molecule has 0 aliphatic heterocycles. The van der Waals surface area contributed by atoms with Gasteiger partial charge in [-0.25, -0.2) is 4.39 Å². The van der Waals surface area contributed by atoms with Gasteiger partial charge in [0, 0.05) is 5.56 Å². The number of nitrogens with one attached hydrogen (secondary N) is 1. The highest BCUT2D eigenvalue weighted by Crippen LogP contribution is 2.24. The molecule has 0 aromatic heterocycles. The summed E-state index contributed by atoms with van der Waals surface area (Å²) in [4.78, 5) is 0. The molecule has 0 aliphatic rings. The van der Waals surface area contributed by atoms with Crippen molar-refractivity contribution in [3.63, 3.8) is 0 Å². The molecular weight excluding hydrogens is 257 g/mol. The molecule has 1 unspecified atom stereocenters. The van der Waals surface area contributed by atoms with Crippen molar-refractivity contribution in [3.8, 4) is 0 Å². The Morgan fingerprint density at radius 2 is 2.33 bits per heavy atom. The van der Waals surface area contributed by atoms with Gasteiger partial charge in [-0.1, -0.05) is 25.1 Å². The standard InChI is InChI=1S/C12H15BrFN/c1-3-8-15-11(4-2)9-6-5-7-10(13)12(9)14/h4-7,11,15H,2-3,8H2,1H3. The first-order valence-electron chi connectivity index (χ1n) is 5.00. The van der Waals surface area contributed by atoms with Crippen molar-refractivity contribution < 1.29 is 4.39 Å². The van der Waals surface area contributed by atoms with Crippen LogP contribution in [-0.2, 0) is 0 Å². The summed E-state index contributed by atoms with van der Waals surface area (Å²) in [5, 5.41) is 3.22. The summed E-state index contributed by atoms with van der Waals surface area (Å²) < 4.78 is 14.2. The molecule has 0 spiro atoms. The van der Waals surface area contributed by atoms with E-state index >= 15 is 0 Å². The van der Waals surface area contributed by atoms with Gasteiger partial charge in [0.25, 0.3) is 0 Å². The first kappa shape index (κ1) is 12.4. The van der Waals surface area contributed by atoms with Gasteiger partial charge in [-0.15, -0.1) is 6.58 Å². The lowest BCUT2D eigenvalue weighted by molar-refractivity contribution is 0.552. The van der Waals surface area contributed by atoms with Gasteiger partial charge in [0.05, 0.1) is 10.5 Å². The summed E-state index contributed by atoms with van der Waals surface area (Å²) in [5.74, 6) is -0.217. The normalized spacial score (nSPS) is 12.5. The van der Waals surface area contributed by atoms with Crippen molar-refractivity contribution in [1.82, 2.24) is 5.32 Å². The van der Waals surface area contributed by atoms with Crippen LogP contribution in [0.25, 0.3) is 0 Å². The molecule has 1 atom stereocenters. The van der Waals surface area contributed by atoms with Crippen LogP contribution in [0.3, 0.4) is 0 Å². The van der Waals surface area contributed by atoms with Gasteiger partial charge in [-0.05, 0) is 35.0 Å². The van der Waals surface area contributed by atoms with Gasteiger partial charge in [0.1, 0.15) is 5.82 Å². The molecule has 1 N–H and O–H groups in total. The molecule has 15 heavy (non-hydrogen) atoms. The lowest BCUT2D eigenvalue weighted by Gasteiger charge is -2.15. The highest BCUT2D eigenvalue weighted by atomic mass is 79.9. The Morgan fingerprint density at radius 3 is 2.93 bits per heavy atom. The van der Waals surface area contributed by atoms with Crippen LogP contribution >= 0.6 is 15.9 Å². The molecule has 0 amide bonds. The van der Waals surface area contributed by atoms with E-state index in [1.807, 2.05) is 6.07 Å². The number of rotatable bonds is 5. The minimum atomic E-state index is -0.217. The van der Waals surface area contributed by atoms with E-state index < -0.39 is 0 Å². The Hall–Kier alpha value is -0.670. The Labute approximate surface area is 98.5 Å². The van der Waals surface area contributed by atoms with Gasteiger partial charge in [-0.3, -0.25) is 0 Å². The Balaban J connectivity index is 2.91. The highest BCUT2D eigenvalue weighted by molar-refractivity contribution is 9.10. The largest absolute Gasteiger partial charge is 0.307 e. The summed E-state index contributed by atoms with van der Waals surface area (Å²) in [6.45, 7) is 6.64. The van der Waals surface area contributed by atoms with E-state index in [9.17, 15) is 4.39 Å². The zero-order chi connectivity index (χ0) is 11.3. The zero-order valence-electron chi connectivity index (χ0n) is 8.76. The summed E-state index contributed by atoms with van der Waals surface area (Å²) in [7, 11) is 0. The summed E-state index contributed by atoms with van der Waals surface area (Å²) in [6, 6.07) is 5.17. The van der Waals surface area contributed by atoms with E-state index in [2.05, 4.69) is 34.7 Å². The topological polar surface area (TPSA) is 12.0 Å². The SMILES string of the molecule is C=CC(NCCC)c1cccc(Br)c1F. The molecule has 0 fully saturated rings. The van der Waals surface area contributed by atoms with Crippen molar-refractivity contribution in [2.75, 3.05) is 6.54 Å². The first-order valence-corrected chi connectivity index (χ1v) is 5.79. The van der Waals surface area contributed by atoms with E-state index in [1.165, 1.54) is 0 Å². The maximum Gasteiger partial charge on any atom is 0.142 e. The minimum absolute atomic E-state index is 0.123. The summed E-state index contributed by atoms with van der Waals surface area (Å²) >= 11 is 3.17. The van der Waals surface area contributed by atoms with Crippen LogP contribution in [0, 0.1) is 5.82 Å². The van der Waals surface area contributed by atoms with E-state index in [-0.39, 0.29) is 11.9 Å². The molecule has 3 heteroatoms. The van der Waals surface area contributed by atoms with E-state index in [1.54, 1.807) is 18.2 Å². The van der Waals surface area contributed by atoms with Crippen LogP contribution in [-0.4, -0.2) is 6.54 Å². The predicted molar refractivity (Wildman–Crippen MR) is 65.3 cm³/mol. The van der Waals surface area contributed by atoms with Gasteiger partial charge >= 0.3 is 0 Å². The monoisotopic (exact) mass is 271 g/mol. The summed E-state index contributed by atoms with van der Waals surface area (Å²) in [6.07, 6.45) is 2.74. The van der Waals surface area contributed by atoms with Crippen molar-refractivity contribution in [3.05, 3.63) is 46.7 Å². The molecule has 1 aromatic rings. The molecule has 1 nitrogen and oxygen atoms in total. The van der Waals surface area contributed by atoms with Crippen molar-refractivity contribution in [1.29, 1.82) is 0 Å². The van der Waals surface area contributed by atoms with Crippen LogP contribution in [0.1, 0.15) is 24.9 Å². The Kier molecular flexibility index (Phi) is 4.99.